The molecule has 1 aliphatic rings. The van der Waals surface area contributed by atoms with Crippen LogP contribution in [-0.2, 0) is 11.3 Å². The van der Waals surface area contributed by atoms with Crippen LogP contribution >= 0.6 is 11.8 Å². The van der Waals surface area contributed by atoms with Crippen molar-refractivity contribution in [1.82, 2.24) is 20.6 Å². The lowest BCUT2D eigenvalue weighted by Gasteiger charge is -2.15. The Morgan fingerprint density at radius 3 is 2.88 bits per heavy atom. The number of hydrogen-bond donors (Lipinski definition) is 3. The highest BCUT2D eigenvalue weighted by Crippen LogP contribution is 2.21. The van der Waals surface area contributed by atoms with Crippen molar-refractivity contribution < 1.29 is 9.53 Å². The zero-order valence-electron chi connectivity index (χ0n) is 13.0. The molecule has 2 aromatic rings. The molecule has 3 rings (SSSR count). The van der Waals surface area contributed by atoms with Gasteiger partial charge in [0.2, 0.25) is 0 Å². The Balaban J connectivity index is 1.47. The number of anilines is 1. The molecular formula is C16H17N5O2S. The molecule has 0 radical (unpaired) electrons. The minimum absolute atomic E-state index is 0.137. The molecule has 0 saturated carbocycles. The van der Waals surface area contributed by atoms with E-state index in [4.69, 9.17) is 4.74 Å². The lowest BCUT2D eigenvalue weighted by atomic mass is 10.2. The maximum Gasteiger partial charge on any atom is 0.268 e. The number of nitrogens with one attached hydrogen (secondary N) is 3. The average Bonchev–Trinajstić information content (AvgIpc) is 3.09. The normalized spacial score (nSPS) is 16.0. The summed E-state index contributed by atoms with van der Waals surface area (Å²) in [5, 5.41) is 11.0. The third-order valence-electron chi connectivity index (χ3n) is 3.33. The number of hydrogen-bond acceptors (Lipinski definition) is 7. The van der Waals surface area contributed by atoms with Crippen LogP contribution in [0.4, 0.5) is 5.82 Å². The highest BCUT2D eigenvalue weighted by Gasteiger charge is 2.21. The molecule has 0 aliphatic carbocycles. The van der Waals surface area contributed by atoms with E-state index in [2.05, 4.69) is 25.9 Å². The summed E-state index contributed by atoms with van der Waals surface area (Å²) >= 11 is 1.48. The fourth-order valence-electron chi connectivity index (χ4n) is 2.07. The van der Waals surface area contributed by atoms with Crippen LogP contribution in [0.15, 0.2) is 54.0 Å². The number of ether oxygens (including phenoxy) is 1. The summed E-state index contributed by atoms with van der Waals surface area (Å²) in [6, 6.07) is 9.34. The number of thioether (sulfide) groups is 1. The lowest BCUT2D eigenvalue weighted by molar-refractivity contribution is -0.118. The van der Waals surface area contributed by atoms with Crippen LogP contribution < -0.4 is 20.7 Å². The number of carbonyl (C=O) groups is 1. The van der Waals surface area contributed by atoms with Crippen molar-refractivity contribution in [3.63, 3.8) is 0 Å². The van der Waals surface area contributed by atoms with Gasteiger partial charge in [0.05, 0.1) is 7.11 Å². The van der Waals surface area contributed by atoms with Crippen LogP contribution in [0.1, 0.15) is 5.56 Å². The number of methoxy groups -OCH3 is 1. The van der Waals surface area contributed by atoms with Gasteiger partial charge in [-0.3, -0.25) is 4.79 Å². The van der Waals surface area contributed by atoms with Crippen LogP contribution in [0.5, 0.6) is 5.75 Å². The SMILES string of the molecule is COc1ccc(CNC(=O)C2=CSC(Nc3ccncn3)N2)cc1. The van der Waals surface area contributed by atoms with Crippen molar-refractivity contribution in [2.45, 2.75) is 12.0 Å². The first-order valence-corrected chi connectivity index (χ1v) is 8.25. The van der Waals surface area contributed by atoms with Gasteiger partial charge in [0, 0.05) is 18.1 Å². The Kier molecular flexibility index (Phi) is 5.17. The van der Waals surface area contributed by atoms with Crippen molar-refractivity contribution in [2.24, 2.45) is 0 Å². The second-order valence-electron chi connectivity index (χ2n) is 4.96. The molecule has 8 heteroatoms. The first kappa shape index (κ1) is 16.1. The second kappa shape index (κ2) is 7.69. The molecule has 3 N–H and O–H groups in total. The number of amides is 1. The van der Waals surface area contributed by atoms with Crippen molar-refractivity contribution in [3.8, 4) is 5.75 Å². The van der Waals surface area contributed by atoms with E-state index in [0.29, 0.717) is 18.1 Å². The third kappa shape index (κ3) is 4.17. The molecule has 124 valence electrons. The predicted octanol–water partition coefficient (Wildman–Crippen LogP) is 1.67. The quantitative estimate of drug-likeness (QED) is 0.735. The summed E-state index contributed by atoms with van der Waals surface area (Å²) in [7, 11) is 1.62. The van der Waals surface area contributed by atoms with Crippen LogP contribution in [0, 0.1) is 0 Å². The summed E-state index contributed by atoms with van der Waals surface area (Å²) in [5.41, 5.74) is 1.40. The van der Waals surface area contributed by atoms with E-state index in [9.17, 15) is 4.79 Å². The molecule has 1 unspecified atom stereocenters. The van der Waals surface area contributed by atoms with Gasteiger partial charge >= 0.3 is 0 Å². The smallest absolute Gasteiger partial charge is 0.268 e. The van der Waals surface area contributed by atoms with Gasteiger partial charge in [-0.15, -0.1) is 0 Å². The van der Waals surface area contributed by atoms with Crippen LogP contribution in [0.3, 0.4) is 0 Å². The summed E-state index contributed by atoms with van der Waals surface area (Å²) in [6.07, 6.45) is 3.13. The second-order valence-corrected chi connectivity index (χ2v) is 5.94. The zero-order valence-corrected chi connectivity index (χ0v) is 13.8. The summed E-state index contributed by atoms with van der Waals surface area (Å²) in [4.78, 5) is 20.2. The van der Waals surface area contributed by atoms with E-state index in [1.807, 2.05) is 24.3 Å². The molecule has 0 fully saturated rings. The number of benzene rings is 1. The van der Waals surface area contributed by atoms with Crippen LogP contribution in [-0.4, -0.2) is 28.5 Å². The molecule has 1 amide bonds. The Labute approximate surface area is 143 Å². The molecule has 0 bridgehead atoms. The first-order valence-electron chi connectivity index (χ1n) is 7.30. The zero-order chi connectivity index (χ0) is 16.8. The van der Waals surface area contributed by atoms with E-state index < -0.39 is 0 Å². The standard InChI is InChI=1S/C16H17N5O2S/c1-23-12-4-2-11(3-5-12)8-18-15(22)13-9-24-16(20-13)21-14-6-7-17-10-19-14/h2-7,9-10,16,20H,8H2,1H3,(H,18,22)(H,17,19,21). The number of aromatic nitrogens is 2. The van der Waals surface area contributed by atoms with Gasteiger partial charge in [0.25, 0.3) is 5.91 Å². The Hall–Kier alpha value is -2.74. The summed E-state index contributed by atoms with van der Waals surface area (Å²) in [5.74, 6) is 1.34. The number of nitrogens with zero attached hydrogens (tertiary/aromatic N) is 2. The highest BCUT2D eigenvalue weighted by molar-refractivity contribution is 8.03. The predicted molar refractivity (Wildman–Crippen MR) is 93.1 cm³/mol. The van der Waals surface area contributed by atoms with Crippen LogP contribution in [0.25, 0.3) is 0 Å². The van der Waals surface area contributed by atoms with E-state index in [-0.39, 0.29) is 11.4 Å². The molecule has 1 aromatic heterocycles. The van der Waals surface area contributed by atoms with Crippen LogP contribution in [0.2, 0.25) is 0 Å². The number of carbonyl (C=O) groups excluding carboxylic acids is 1. The van der Waals surface area contributed by atoms with Crippen molar-refractivity contribution >= 4 is 23.5 Å². The lowest BCUT2D eigenvalue weighted by Crippen LogP contribution is -2.35. The van der Waals surface area contributed by atoms with Gasteiger partial charge in [-0.25, -0.2) is 9.97 Å². The minimum Gasteiger partial charge on any atom is -0.497 e. The minimum atomic E-state index is -0.148. The third-order valence-corrected chi connectivity index (χ3v) is 4.21. The monoisotopic (exact) mass is 343 g/mol. The Morgan fingerprint density at radius 1 is 1.33 bits per heavy atom. The molecule has 1 aromatic carbocycles. The van der Waals surface area contributed by atoms with Crippen molar-refractivity contribution in [2.75, 3.05) is 12.4 Å². The fraction of sp³-hybridized carbons (Fsp3) is 0.188. The van der Waals surface area contributed by atoms with E-state index >= 15 is 0 Å². The molecule has 2 heterocycles. The average molecular weight is 343 g/mol. The maximum atomic E-state index is 12.2. The fourth-order valence-corrected chi connectivity index (χ4v) is 2.90. The van der Waals surface area contributed by atoms with Gasteiger partial charge < -0.3 is 20.7 Å². The van der Waals surface area contributed by atoms with E-state index in [1.165, 1.54) is 18.1 Å². The maximum absolute atomic E-state index is 12.2. The number of rotatable bonds is 6. The van der Waals surface area contributed by atoms with Gasteiger partial charge in [-0.05, 0) is 23.8 Å². The van der Waals surface area contributed by atoms with E-state index in [0.717, 1.165) is 11.3 Å². The molecule has 0 saturated heterocycles. The highest BCUT2D eigenvalue weighted by atomic mass is 32.2. The molecule has 24 heavy (non-hydrogen) atoms. The topological polar surface area (TPSA) is 88.2 Å². The first-order chi connectivity index (χ1) is 11.7. The van der Waals surface area contributed by atoms with Gasteiger partial charge in [-0.1, -0.05) is 23.9 Å². The summed E-state index contributed by atoms with van der Waals surface area (Å²) < 4.78 is 5.11. The molecule has 1 atom stereocenters. The Bertz CT molecular complexity index is 721. The summed E-state index contributed by atoms with van der Waals surface area (Å²) in [6.45, 7) is 0.455. The molecule has 1 aliphatic heterocycles. The van der Waals surface area contributed by atoms with Gasteiger partial charge in [0.1, 0.15) is 23.6 Å². The largest absolute Gasteiger partial charge is 0.497 e. The van der Waals surface area contributed by atoms with Crippen molar-refractivity contribution in [3.05, 3.63) is 59.5 Å². The van der Waals surface area contributed by atoms with Gasteiger partial charge in [0.15, 0.2) is 5.50 Å². The Morgan fingerprint density at radius 2 is 2.17 bits per heavy atom. The molecular weight excluding hydrogens is 326 g/mol. The van der Waals surface area contributed by atoms with E-state index in [1.54, 1.807) is 24.8 Å². The molecule has 0 spiro atoms. The molecule has 7 nitrogen and oxygen atoms in total. The van der Waals surface area contributed by atoms with Crippen molar-refractivity contribution in [1.29, 1.82) is 0 Å². The van der Waals surface area contributed by atoms with Gasteiger partial charge in [-0.2, -0.15) is 0 Å².